The summed E-state index contributed by atoms with van der Waals surface area (Å²) in [4.78, 5) is 19.5. The number of thioether (sulfide) groups is 1. The Morgan fingerprint density at radius 1 is 1.16 bits per heavy atom. The topological polar surface area (TPSA) is 75.2 Å². The highest BCUT2D eigenvalue weighted by Gasteiger charge is 2.13. The molecule has 0 aliphatic rings. The minimum atomic E-state index is -1.02. The van der Waals surface area contributed by atoms with Crippen molar-refractivity contribution in [1.82, 2.24) is 9.97 Å². The molecular formula is C23H16BrClN2O3S. The number of carbonyl (C=O) groups is 1. The second kappa shape index (κ2) is 9.60. The molecule has 0 unspecified atom stereocenters. The molecule has 1 aromatic heterocycles. The molecule has 31 heavy (non-hydrogen) atoms. The molecule has 2 N–H and O–H groups in total. The van der Waals surface area contributed by atoms with Gasteiger partial charge >= 0.3 is 5.97 Å². The van der Waals surface area contributed by atoms with E-state index in [9.17, 15) is 9.90 Å². The number of para-hydroxylation sites is 2. The summed E-state index contributed by atoms with van der Waals surface area (Å²) in [6.45, 7) is 0.396. The van der Waals surface area contributed by atoms with Crippen molar-refractivity contribution in [3.8, 4) is 5.75 Å². The summed E-state index contributed by atoms with van der Waals surface area (Å²) in [6.07, 6.45) is 1.61. The molecule has 0 radical (unpaired) electrons. The van der Waals surface area contributed by atoms with Gasteiger partial charge in [0.1, 0.15) is 17.3 Å². The van der Waals surface area contributed by atoms with E-state index in [0.29, 0.717) is 22.5 Å². The van der Waals surface area contributed by atoms with Crippen LogP contribution in [0, 0.1) is 0 Å². The number of aliphatic carboxylic acids is 1. The number of carboxylic acid groups (broad SMARTS) is 1. The van der Waals surface area contributed by atoms with Gasteiger partial charge in [0.25, 0.3) is 0 Å². The van der Waals surface area contributed by atoms with Crippen molar-refractivity contribution in [3.63, 3.8) is 0 Å². The van der Waals surface area contributed by atoms with Gasteiger partial charge in [-0.1, -0.05) is 41.9 Å². The molecule has 0 saturated carbocycles. The highest BCUT2D eigenvalue weighted by molar-refractivity contribution is 9.10. The number of hydrogen-bond donors (Lipinski definition) is 2. The Hall–Kier alpha value is -2.74. The molecule has 1 heterocycles. The maximum Gasteiger partial charge on any atom is 0.342 e. The van der Waals surface area contributed by atoms with Gasteiger partial charge < -0.3 is 14.8 Å². The number of fused-ring (bicyclic) bond motifs is 1. The molecule has 156 valence electrons. The SMILES string of the molecule is O=C(O)/C(=C/c1ccc(OCc2ccc(Cl)cc2)c(Br)c1)Sc1nc2ccccc2[nH]1. The normalized spacial score (nSPS) is 11.6. The van der Waals surface area contributed by atoms with Crippen LogP contribution in [0.1, 0.15) is 11.1 Å². The fraction of sp³-hybridized carbons (Fsp3) is 0.0435. The highest BCUT2D eigenvalue weighted by Crippen LogP contribution is 2.31. The summed E-state index contributed by atoms with van der Waals surface area (Å²) >= 11 is 10.5. The van der Waals surface area contributed by atoms with Crippen molar-refractivity contribution in [1.29, 1.82) is 0 Å². The first-order chi connectivity index (χ1) is 15.0. The van der Waals surface area contributed by atoms with Crippen molar-refractivity contribution in [2.45, 2.75) is 11.8 Å². The third kappa shape index (κ3) is 5.50. The molecule has 0 aliphatic heterocycles. The summed E-state index contributed by atoms with van der Waals surface area (Å²) in [5, 5.41) is 10.8. The second-order valence-corrected chi connectivity index (χ2v) is 8.90. The molecule has 0 bridgehead atoms. The molecule has 4 rings (SSSR count). The molecule has 5 nitrogen and oxygen atoms in total. The molecule has 0 saturated heterocycles. The Morgan fingerprint density at radius 3 is 2.65 bits per heavy atom. The fourth-order valence-corrected chi connectivity index (χ4v) is 4.27. The van der Waals surface area contributed by atoms with Crippen LogP contribution in [0.5, 0.6) is 5.75 Å². The van der Waals surface area contributed by atoms with Crippen LogP contribution in [0.25, 0.3) is 17.1 Å². The Bertz CT molecular complexity index is 1240. The third-order valence-electron chi connectivity index (χ3n) is 4.35. The van der Waals surface area contributed by atoms with Crippen molar-refractivity contribution < 1.29 is 14.6 Å². The van der Waals surface area contributed by atoms with Gasteiger partial charge in [-0.25, -0.2) is 9.78 Å². The van der Waals surface area contributed by atoms with Crippen LogP contribution in [0.4, 0.5) is 0 Å². The fourth-order valence-electron chi connectivity index (χ4n) is 2.83. The van der Waals surface area contributed by atoms with Crippen LogP contribution >= 0.6 is 39.3 Å². The lowest BCUT2D eigenvalue weighted by Gasteiger charge is -2.09. The summed E-state index contributed by atoms with van der Waals surface area (Å²) in [7, 11) is 0. The van der Waals surface area contributed by atoms with Crippen LogP contribution in [0.15, 0.2) is 81.3 Å². The maximum absolute atomic E-state index is 11.8. The number of ether oxygens (including phenoxy) is 1. The highest BCUT2D eigenvalue weighted by atomic mass is 79.9. The first kappa shape index (κ1) is 21.5. The zero-order chi connectivity index (χ0) is 21.8. The molecule has 0 aliphatic carbocycles. The lowest BCUT2D eigenvalue weighted by molar-refractivity contribution is -0.131. The third-order valence-corrected chi connectivity index (χ3v) is 6.12. The van der Waals surface area contributed by atoms with E-state index < -0.39 is 5.97 Å². The molecule has 0 atom stereocenters. The largest absolute Gasteiger partial charge is 0.488 e. The maximum atomic E-state index is 11.8. The predicted molar refractivity (Wildman–Crippen MR) is 127 cm³/mol. The number of nitrogens with one attached hydrogen (secondary N) is 1. The van der Waals surface area contributed by atoms with Crippen molar-refractivity contribution in [3.05, 3.63) is 92.3 Å². The molecule has 0 spiro atoms. The smallest absolute Gasteiger partial charge is 0.342 e. The van der Waals surface area contributed by atoms with E-state index in [2.05, 4.69) is 25.9 Å². The van der Waals surface area contributed by atoms with Gasteiger partial charge in [0.05, 0.1) is 15.5 Å². The van der Waals surface area contributed by atoms with E-state index in [4.69, 9.17) is 16.3 Å². The van der Waals surface area contributed by atoms with Gasteiger partial charge in [0.2, 0.25) is 0 Å². The second-order valence-electron chi connectivity index (χ2n) is 6.58. The quantitative estimate of drug-likeness (QED) is 0.210. The number of aromatic amines is 1. The van der Waals surface area contributed by atoms with E-state index in [1.807, 2.05) is 60.7 Å². The lowest BCUT2D eigenvalue weighted by Crippen LogP contribution is -1.98. The van der Waals surface area contributed by atoms with E-state index >= 15 is 0 Å². The zero-order valence-electron chi connectivity index (χ0n) is 16.0. The number of halogens is 2. The van der Waals surface area contributed by atoms with Gasteiger partial charge in [0.15, 0.2) is 5.16 Å². The first-order valence-corrected chi connectivity index (χ1v) is 11.2. The summed E-state index contributed by atoms with van der Waals surface area (Å²) < 4.78 is 6.58. The Kier molecular flexibility index (Phi) is 6.65. The van der Waals surface area contributed by atoms with E-state index in [-0.39, 0.29) is 4.91 Å². The Morgan fingerprint density at radius 2 is 1.94 bits per heavy atom. The number of aromatic nitrogens is 2. The molecular weight excluding hydrogens is 500 g/mol. The van der Waals surface area contributed by atoms with Crippen LogP contribution in [0.2, 0.25) is 5.02 Å². The summed E-state index contributed by atoms with van der Waals surface area (Å²) in [5.41, 5.74) is 3.38. The van der Waals surface area contributed by atoms with Gasteiger partial charge in [0, 0.05) is 5.02 Å². The Labute approximate surface area is 196 Å². The molecule has 0 fully saturated rings. The van der Waals surface area contributed by atoms with Crippen molar-refractivity contribution in [2.24, 2.45) is 0 Å². The molecule has 4 aromatic rings. The average molecular weight is 516 g/mol. The number of nitrogens with zero attached hydrogens (tertiary/aromatic N) is 1. The van der Waals surface area contributed by atoms with Crippen LogP contribution in [-0.4, -0.2) is 21.0 Å². The molecule has 8 heteroatoms. The number of carboxylic acids is 1. The van der Waals surface area contributed by atoms with E-state index in [1.54, 1.807) is 12.1 Å². The van der Waals surface area contributed by atoms with Gasteiger partial charge in [-0.3, -0.25) is 0 Å². The Balaban J connectivity index is 1.50. The van der Waals surface area contributed by atoms with Gasteiger partial charge in [-0.15, -0.1) is 0 Å². The number of rotatable bonds is 7. The van der Waals surface area contributed by atoms with Crippen molar-refractivity contribution in [2.75, 3.05) is 0 Å². The number of benzene rings is 3. The number of H-pyrrole nitrogens is 1. The van der Waals surface area contributed by atoms with E-state index in [0.717, 1.165) is 38.4 Å². The first-order valence-electron chi connectivity index (χ1n) is 9.22. The monoisotopic (exact) mass is 514 g/mol. The minimum absolute atomic E-state index is 0.154. The lowest BCUT2D eigenvalue weighted by atomic mass is 10.2. The van der Waals surface area contributed by atoms with Crippen LogP contribution < -0.4 is 4.74 Å². The zero-order valence-corrected chi connectivity index (χ0v) is 19.2. The van der Waals surface area contributed by atoms with E-state index in [1.165, 1.54) is 0 Å². The summed E-state index contributed by atoms with van der Waals surface area (Å²) in [5.74, 6) is -0.362. The average Bonchev–Trinajstić information content (AvgIpc) is 3.16. The number of imidazole rings is 1. The van der Waals surface area contributed by atoms with Crippen LogP contribution in [0.3, 0.4) is 0 Å². The van der Waals surface area contributed by atoms with Gasteiger partial charge in [-0.05, 0) is 81.3 Å². The molecule has 3 aromatic carbocycles. The number of hydrogen-bond acceptors (Lipinski definition) is 4. The molecule has 0 amide bonds. The van der Waals surface area contributed by atoms with Crippen LogP contribution in [-0.2, 0) is 11.4 Å². The van der Waals surface area contributed by atoms with Gasteiger partial charge in [-0.2, -0.15) is 0 Å². The summed E-state index contributed by atoms with van der Waals surface area (Å²) in [6, 6.07) is 20.4. The minimum Gasteiger partial charge on any atom is -0.488 e. The predicted octanol–water partition coefficient (Wildman–Crippen LogP) is 6.78. The van der Waals surface area contributed by atoms with Crippen molar-refractivity contribution >= 4 is 62.4 Å². The standard InChI is InChI=1S/C23H16BrClN2O3S/c24-17-11-15(7-10-20(17)30-13-14-5-8-16(25)9-6-14)12-21(22(28)29)31-23-26-18-3-1-2-4-19(18)27-23/h1-12H,13H2,(H,26,27)(H,28,29)/b21-12-.